The molecule has 0 aromatic heterocycles. The van der Waals surface area contributed by atoms with E-state index in [4.69, 9.17) is 19.1 Å². The number of carbonyl (C=O) groups is 2. The van der Waals surface area contributed by atoms with Crippen LogP contribution in [0.5, 0.6) is 0 Å². The summed E-state index contributed by atoms with van der Waals surface area (Å²) >= 11 is 0. The smallest absolute Gasteiger partial charge is 0.462 e. The standard InChI is InChI=1S/C46H77O11P/c1-3-5-6-7-8-9-10-11-12-13-14-17-21-24-27-30-33-37-46(51)57-44(41-56-58(52,53)55-39-43(49)38-47)40-54-45(50)36-32-29-26-23-20-18-15-16-19-22-25-28-31-35-42(48)34-4-2/h8-9,11-12,14-15,17-19,22-23,26,28,31,42-44,47-49H,3-7,10,13,16,20-21,24-25,27,29-30,32-41H2,1-2H3,(H,52,53)/b9-8-,12-11-,17-14-,18-15-,22-19-,26-23-,31-28-/t42?,43-,44+/m0/s1. The largest absolute Gasteiger partial charge is 0.472 e. The molecule has 0 aliphatic rings. The normalized spacial score (nSPS) is 15.2. The Morgan fingerprint density at radius 2 is 1.03 bits per heavy atom. The molecule has 12 heteroatoms. The van der Waals surface area contributed by atoms with E-state index in [1.807, 2.05) is 18.2 Å². The second-order valence-corrected chi connectivity index (χ2v) is 15.6. The maximum absolute atomic E-state index is 12.6. The van der Waals surface area contributed by atoms with E-state index in [0.29, 0.717) is 25.7 Å². The number of carbonyl (C=O) groups excluding carboxylic acids is 2. The summed E-state index contributed by atoms with van der Waals surface area (Å²) in [5.41, 5.74) is 0. The summed E-state index contributed by atoms with van der Waals surface area (Å²) in [4.78, 5) is 35.0. The van der Waals surface area contributed by atoms with Crippen molar-refractivity contribution in [2.75, 3.05) is 26.4 Å². The van der Waals surface area contributed by atoms with E-state index in [1.165, 1.54) is 19.3 Å². The first kappa shape index (κ1) is 55.1. The fourth-order valence-electron chi connectivity index (χ4n) is 5.24. The Morgan fingerprint density at radius 3 is 1.59 bits per heavy atom. The minimum Gasteiger partial charge on any atom is -0.462 e. The lowest BCUT2D eigenvalue weighted by atomic mass is 10.1. The first-order valence-corrected chi connectivity index (χ1v) is 23.1. The molecule has 0 bridgehead atoms. The summed E-state index contributed by atoms with van der Waals surface area (Å²) in [7, 11) is -4.65. The maximum Gasteiger partial charge on any atom is 0.472 e. The number of aliphatic hydroxyl groups is 3. The number of ether oxygens (including phenoxy) is 2. The second-order valence-electron chi connectivity index (χ2n) is 14.2. The number of hydrogen-bond acceptors (Lipinski definition) is 10. The van der Waals surface area contributed by atoms with E-state index in [-0.39, 0.29) is 25.6 Å². The molecule has 0 rings (SSSR count). The van der Waals surface area contributed by atoms with Crippen LogP contribution in [0, 0.1) is 0 Å². The van der Waals surface area contributed by atoms with Crippen LogP contribution < -0.4 is 0 Å². The summed E-state index contributed by atoms with van der Waals surface area (Å²) in [5.74, 6) is -1.04. The van der Waals surface area contributed by atoms with Crippen LogP contribution in [0.1, 0.15) is 149 Å². The third-order valence-corrected chi connectivity index (χ3v) is 9.53. The number of phosphoric ester groups is 1. The Bertz CT molecular complexity index is 1250. The number of esters is 2. The van der Waals surface area contributed by atoms with Crippen LogP contribution in [-0.4, -0.2) is 76.9 Å². The van der Waals surface area contributed by atoms with Gasteiger partial charge in [0.25, 0.3) is 0 Å². The zero-order valence-corrected chi connectivity index (χ0v) is 36.5. The van der Waals surface area contributed by atoms with E-state index in [1.54, 1.807) is 0 Å². The Hall–Kier alpha value is -2.89. The van der Waals surface area contributed by atoms with Crippen molar-refractivity contribution in [3.63, 3.8) is 0 Å². The van der Waals surface area contributed by atoms with Gasteiger partial charge in [0.15, 0.2) is 6.10 Å². The first-order chi connectivity index (χ1) is 28.1. The summed E-state index contributed by atoms with van der Waals surface area (Å²) in [6.07, 6.45) is 44.7. The highest BCUT2D eigenvalue weighted by Gasteiger charge is 2.27. The lowest BCUT2D eigenvalue weighted by Gasteiger charge is -2.20. The van der Waals surface area contributed by atoms with Crippen LogP contribution in [0.15, 0.2) is 85.1 Å². The van der Waals surface area contributed by atoms with E-state index < -0.39 is 51.8 Å². The van der Waals surface area contributed by atoms with Crippen LogP contribution in [0.25, 0.3) is 0 Å². The van der Waals surface area contributed by atoms with E-state index in [9.17, 15) is 29.3 Å². The van der Waals surface area contributed by atoms with Gasteiger partial charge < -0.3 is 29.7 Å². The fraction of sp³-hybridized carbons (Fsp3) is 0.652. The van der Waals surface area contributed by atoms with Crippen molar-refractivity contribution in [3.8, 4) is 0 Å². The highest BCUT2D eigenvalue weighted by atomic mass is 31.2. The molecule has 58 heavy (non-hydrogen) atoms. The SMILES string of the molecule is CCCCC/C=C\C/C=C\C/C=C\CCCCCCC(=O)O[C@H](COC(=O)CCC/C=C\C/C=C\C/C=C\C/C=C\CC(O)CCC)COP(=O)(O)OC[C@@H](O)CO. The molecule has 0 aromatic carbocycles. The molecule has 0 heterocycles. The Labute approximate surface area is 350 Å². The van der Waals surface area contributed by atoms with Gasteiger partial charge in [-0.3, -0.25) is 18.6 Å². The van der Waals surface area contributed by atoms with Crippen LogP contribution in [0.2, 0.25) is 0 Å². The lowest BCUT2D eigenvalue weighted by Crippen LogP contribution is -2.29. The molecule has 4 atom stereocenters. The van der Waals surface area contributed by atoms with Crippen LogP contribution >= 0.6 is 7.82 Å². The van der Waals surface area contributed by atoms with Crippen molar-refractivity contribution in [1.82, 2.24) is 0 Å². The molecule has 0 fully saturated rings. The molecule has 0 amide bonds. The van der Waals surface area contributed by atoms with Crippen LogP contribution in [0.3, 0.4) is 0 Å². The van der Waals surface area contributed by atoms with Crippen LogP contribution in [-0.2, 0) is 32.7 Å². The third kappa shape index (κ3) is 39.9. The fourth-order valence-corrected chi connectivity index (χ4v) is 6.03. The molecular formula is C46H77O11P. The Morgan fingerprint density at radius 1 is 0.552 bits per heavy atom. The third-order valence-electron chi connectivity index (χ3n) is 8.58. The minimum atomic E-state index is -4.65. The predicted molar refractivity (Wildman–Crippen MR) is 234 cm³/mol. The average Bonchev–Trinajstić information content (AvgIpc) is 3.20. The van der Waals surface area contributed by atoms with Crippen molar-refractivity contribution in [1.29, 1.82) is 0 Å². The summed E-state index contributed by atoms with van der Waals surface area (Å²) < 4.78 is 32.6. The summed E-state index contributed by atoms with van der Waals surface area (Å²) in [5, 5.41) is 28.0. The molecule has 2 unspecified atom stereocenters. The van der Waals surface area contributed by atoms with E-state index >= 15 is 0 Å². The minimum absolute atomic E-state index is 0.135. The number of phosphoric acid groups is 1. The van der Waals surface area contributed by atoms with Crippen molar-refractivity contribution in [3.05, 3.63) is 85.1 Å². The van der Waals surface area contributed by atoms with Gasteiger partial charge in [-0.05, 0) is 89.9 Å². The van der Waals surface area contributed by atoms with Gasteiger partial charge in [-0.2, -0.15) is 0 Å². The second kappa shape index (κ2) is 40.9. The summed E-state index contributed by atoms with van der Waals surface area (Å²) in [6.45, 7) is 2.03. The van der Waals surface area contributed by atoms with Gasteiger partial charge in [0, 0.05) is 12.8 Å². The van der Waals surface area contributed by atoms with Gasteiger partial charge in [-0.25, -0.2) is 4.57 Å². The zero-order chi connectivity index (χ0) is 42.8. The van der Waals surface area contributed by atoms with Crippen molar-refractivity contribution >= 4 is 19.8 Å². The van der Waals surface area contributed by atoms with Gasteiger partial charge >= 0.3 is 19.8 Å². The highest BCUT2D eigenvalue weighted by molar-refractivity contribution is 7.47. The Balaban J connectivity index is 4.48. The van der Waals surface area contributed by atoms with Gasteiger partial charge in [-0.15, -0.1) is 0 Å². The predicted octanol–water partition coefficient (Wildman–Crippen LogP) is 10.4. The Kier molecular flexibility index (Phi) is 38.8. The molecule has 0 aliphatic heterocycles. The highest BCUT2D eigenvalue weighted by Crippen LogP contribution is 2.43. The molecular weight excluding hydrogens is 759 g/mol. The molecule has 0 radical (unpaired) electrons. The number of rotatable bonds is 39. The van der Waals surface area contributed by atoms with Gasteiger partial charge in [0.05, 0.1) is 25.9 Å². The van der Waals surface area contributed by atoms with E-state index in [2.05, 4.69) is 85.2 Å². The number of hydrogen-bond donors (Lipinski definition) is 4. The first-order valence-electron chi connectivity index (χ1n) is 21.6. The summed E-state index contributed by atoms with van der Waals surface area (Å²) in [6, 6.07) is 0. The molecule has 0 saturated heterocycles. The number of unbranched alkanes of at least 4 members (excludes halogenated alkanes) is 8. The molecule has 0 saturated carbocycles. The van der Waals surface area contributed by atoms with Crippen molar-refractivity contribution in [2.45, 2.75) is 167 Å². The average molecular weight is 837 g/mol. The molecule has 0 aromatic rings. The quantitative estimate of drug-likeness (QED) is 0.0201. The van der Waals surface area contributed by atoms with Gasteiger partial charge in [-0.1, -0.05) is 131 Å². The molecule has 332 valence electrons. The van der Waals surface area contributed by atoms with Crippen molar-refractivity contribution in [2.24, 2.45) is 0 Å². The maximum atomic E-state index is 12.6. The van der Waals surface area contributed by atoms with Crippen LogP contribution in [0.4, 0.5) is 0 Å². The van der Waals surface area contributed by atoms with Gasteiger partial charge in [0.1, 0.15) is 12.7 Å². The number of allylic oxidation sites excluding steroid dienone is 13. The number of aliphatic hydroxyl groups excluding tert-OH is 3. The molecule has 0 aliphatic carbocycles. The molecule has 4 N–H and O–H groups in total. The van der Waals surface area contributed by atoms with Crippen molar-refractivity contribution < 1.29 is 52.9 Å². The zero-order valence-electron chi connectivity index (χ0n) is 35.6. The topological polar surface area (TPSA) is 169 Å². The monoisotopic (exact) mass is 837 g/mol. The van der Waals surface area contributed by atoms with Gasteiger partial charge in [0.2, 0.25) is 0 Å². The molecule has 0 spiro atoms. The lowest BCUT2D eigenvalue weighted by molar-refractivity contribution is -0.161. The molecule has 11 nitrogen and oxygen atoms in total. The van der Waals surface area contributed by atoms with E-state index in [0.717, 1.165) is 77.0 Å².